The highest BCUT2D eigenvalue weighted by molar-refractivity contribution is 5.94. The quantitative estimate of drug-likeness (QED) is 0.436. The number of carbonyl (C=O) groups is 1. The van der Waals surface area contributed by atoms with E-state index in [1.54, 1.807) is 25.4 Å². The van der Waals surface area contributed by atoms with E-state index in [4.69, 9.17) is 14.2 Å². The van der Waals surface area contributed by atoms with Crippen molar-refractivity contribution >= 4 is 22.6 Å². The Kier molecular flexibility index (Phi) is 7.41. The number of anilines is 1. The number of fused-ring (bicyclic) bond motifs is 1. The summed E-state index contributed by atoms with van der Waals surface area (Å²) in [6.07, 6.45) is 6.50. The maximum Gasteiger partial charge on any atom is 0.343 e. The summed E-state index contributed by atoms with van der Waals surface area (Å²) in [7, 11) is 0. The molecule has 2 aliphatic rings. The van der Waals surface area contributed by atoms with E-state index in [9.17, 15) is 9.59 Å². The molecule has 4 heterocycles. The molecule has 0 radical (unpaired) electrons. The van der Waals surface area contributed by atoms with Gasteiger partial charge >= 0.3 is 5.97 Å². The van der Waals surface area contributed by atoms with Crippen LogP contribution in [0.5, 0.6) is 5.88 Å². The highest BCUT2D eigenvalue weighted by Crippen LogP contribution is 2.33. The maximum absolute atomic E-state index is 15.6. The molecule has 2 aromatic heterocycles. The smallest absolute Gasteiger partial charge is 0.343 e. The van der Waals surface area contributed by atoms with Gasteiger partial charge in [-0.1, -0.05) is 6.07 Å². The summed E-state index contributed by atoms with van der Waals surface area (Å²) in [5.74, 6) is -0.612. The Morgan fingerprint density at radius 2 is 2.05 bits per heavy atom. The molecule has 0 N–H and O–H groups in total. The standard InChI is InChI=1S/C28H32FN3O5/c1-3-36-28(34)22-16-32(19-8-12-35-13-9-19)24-15-25(23(29)14-21(24)26(22)33)31-11-5-7-20(31)17-37-27-18(2)6-4-10-30-27/h4,6,10,14-16,19-20H,3,5,7-9,11-13,17H2,1-2H3. The van der Waals surface area contributed by atoms with Gasteiger partial charge in [-0.3, -0.25) is 4.79 Å². The highest BCUT2D eigenvalue weighted by Gasteiger charge is 2.30. The van der Waals surface area contributed by atoms with Crippen LogP contribution in [0.1, 0.15) is 54.6 Å². The number of aromatic nitrogens is 2. The van der Waals surface area contributed by atoms with Crippen LogP contribution >= 0.6 is 0 Å². The minimum Gasteiger partial charge on any atom is -0.475 e. The Bertz CT molecular complexity index is 1350. The van der Waals surface area contributed by atoms with Crippen molar-refractivity contribution in [3.8, 4) is 5.88 Å². The molecule has 196 valence electrons. The molecule has 5 rings (SSSR count). The summed E-state index contributed by atoms with van der Waals surface area (Å²) >= 11 is 0. The zero-order chi connectivity index (χ0) is 25.9. The Morgan fingerprint density at radius 3 is 2.81 bits per heavy atom. The van der Waals surface area contributed by atoms with Crippen molar-refractivity contribution in [1.82, 2.24) is 9.55 Å². The summed E-state index contributed by atoms with van der Waals surface area (Å²) in [6, 6.07) is 6.81. The van der Waals surface area contributed by atoms with Crippen molar-refractivity contribution in [2.75, 3.05) is 37.9 Å². The fourth-order valence-corrected chi connectivity index (χ4v) is 5.32. The average Bonchev–Trinajstić information content (AvgIpc) is 3.37. The van der Waals surface area contributed by atoms with Crippen LogP contribution in [0.3, 0.4) is 0 Å². The predicted molar refractivity (Wildman–Crippen MR) is 138 cm³/mol. The third kappa shape index (κ3) is 5.05. The van der Waals surface area contributed by atoms with Crippen LogP contribution in [-0.2, 0) is 9.47 Å². The summed E-state index contributed by atoms with van der Waals surface area (Å²) in [5, 5.41) is 0.175. The lowest BCUT2D eigenvalue weighted by Crippen LogP contribution is -2.35. The van der Waals surface area contributed by atoms with Crippen molar-refractivity contribution < 1.29 is 23.4 Å². The zero-order valence-corrected chi connectivity index (χ0v) is 21.2. The molecule has 3 aromatic rings. The van der Waals surface area contributed by atoms with E-state index in [-0.39, 0.29) is 29.6 Å². The number of hydrogen-bond donors (Lipinski definition) is 0. The van der Waals surface area contributed by atoms with Gasteiger partial charge < -0.3 is 23.7 Å². The lowest BCUT2D eigenvalue weighted by Gasteiger charge is -2.30. The second-order valence-electron chi connectivity index (χ2n) is 9.59. The SMILES string of the molecule is CCOC(=O)c1cn(C2CCOCC2)c2cc(N3CCCC3COc3ncccc3C)c(F)cc2c1=O. The first-order valence-electron chi connectivity index (χ1n) is 12.9. The van der Waals surface area contributed by atoms with Crippen LogP contribution in [0.15, 0.2) is 41.5 Å². The van der Waals surface area contributed by atoms with Gasteiger partial charge in [0.1, 0.15) is 18.0 Å². The van der Waals surface area contributed by atoms with E-state index >= 15 is 4.39 Å². The van der Waals surface area contributed by atoms with Gasteiger partial charge in [0.05, 0.1) is 23.9 Å². The number of benzene rings is 1. The van der Waals surface area contributed by atoms with Crippen LogP contribution in [0, 0.1) is 12.7 Å². The lowest BCUT2D eigenvalue weighted by atomic mass is 10.0. The summed E-state index contributed by atoms with van der Waals surface area (Å²) in [6.45, 7) is 6.01. The average molecular weight is 510 g/mol. The lowest BCUT2D eigenvalue weighted by molar-refractivity contribution is 0.0522. The first-order chi connectivity index (χ1) is 18.0. The molecule has 1 unspecified atom stereocenters. The molecular formula is C28H32FN3O5. The fraction of sp³-hybridized carbons (Fsp3) is 0.464. The van der Waals surface area contributed by atoms with Gasteiger partial charge in [-0.2, -0.15) is 0 Å². The molecule has 9 heteroatoms. The van der Waals surface area contributed by atoms with Crippen LogP contribution in [-0.4, -0.2) is 54.5 Å². The van der Waals surface area contributed by atoms with Gasteiger partial charge in [0, 0.05) is 49.1 Å². The zero-order valence-electron chi connectivity index (χ0n) is 21.2. The Labute approximate surface area is 215 Å². The first-order valence-corrected chi connectivity index (χ1v) is 12.9. The van der Waals surface area contributed by atoms with Crippen molar-refractivity contribution in [2.45, 2.75) is 51.6 Å². The molecule has 0 bridgehead atoms. The third-order valence-corrected chi connectivity index (χ3v) is 7.24. The monoisotopic (exact) mass is 509 g/mol. The number of aryl methyl sites for hydroxylation is 1. The second kappa shape index (κ2) is 10.9. The van der Waals surface area contributed by atoms with E-state index in [1.807, 2.05) is 28.5 Å². The Morgan fingerprint density at radius 1 is 1.24 bits per heavy atom. The van der Waals surface area contributed by atoms with E-state index in [0.29, 0.717) is 43.4 Å². The van der Waals surface area contributed by atoms with Crippen LogP contribution in [0.25, 0.3) is 10.9 Å². The maximum atomic E-state index is 15.6. The molecule has 2 saturated heterocycles. The largest absolute Gasteiger partial charge is 0.475 e. The number of rotatable bonds is 7. The number of esters is 1. The van der Waals surface area contributed by atoms with Crippen molar-refractivity contribution in [1.29, 1.82) is 0 Å². The highest BCUT2D eigenvalue weighted by atomic mass is 19.1. The van der Waals surface area contributed by atoms with E-state index in [0.717, 1.165) is 31.2 Å². The van der Waals surface area contributed by atoms with Gasteiger partial charge in [-0.25, -0.2) is 14.2 Å². The molecular weight excluding hydrogens is 477 g/mol. The summed E-state index contributed by atoms with van der Waals surface area (Å²) in [4.78, 5) is 32.2. The summed E-state index contributed by atoms with van der Waals surface area (Å²) < 4.78 is 34.2. The van der Waals surface area contributed by atoms with Crippen molar-refractivity contribution in [3.63, 3.8) is 0 Å². The minimum atomic E-state index is -0.693. The number of hydrogen-bond acceptors (Lipinski definition) is 7. The second-order valence-corrected chi connectivity index (χ2v) is 9.59. The molecule has 2 fully saturated rings. The molecule has 0 amide bonds. The molecule has 0 spiro atoms. The third-order valence-electron chi connectivity index (χ3n) is 7.24. The van der Waals surface area contributed by atoms with Gasteiger partial charge in [0.15, 0.2) is 0 Å². The Hall–Kier alpha value is -3.46. The molecule has 1 atom stereocenters. The van der Waals surface area contributed by atoms with Crippen LogP contribution < -0.4 is 15.1 Å². The number of carbonyl (C=O) groups excluding carboxylic acids is 1. The van der Waals surface area contributed by atoms with Crippen molar-refractivity contribution in [2.24, 2.45) is 0 Å². The van der Waals surface area contributed by atoms with Crippen molar-refractivity contribution in [3.05, 3.63) is 63.8 Å². The van der Waals surface area contributed by atoms with Crippen LogP contribution in [0.2, 0.25) is 0 Å². The summed E-state index contributed by atoms with van der Waals surface area (Å²) in [5.41, 5.74) is 1.39. The van der Waals surface area contributed by atoms with Gasteiger partial charge in [0.2, 0.25) is 11.3 Å². The molecule has 0 aliphatic carbocycles. The number of ether oxygens (including phenoxy) is 3. The topological polar surface area (TPSA) is 82.9 Å². The molecule has 8 nitrogen and oxygen atoms in total. The Balaban J connectivity index is 1.54. The van der Waals surface area contributed by atoms with Crippen LogP contribution in [0.4, 0.5) is 10.1 Å². The fourth-order valence-electron chi connectivity index (χ4n) is 5.32. The molecule has 37 heavy (non-hydrogen) atoms. The van der Waals surface area contributed by atoms with E-state index in [2.05, 4.69) is 4.98 Å². The number of halogens is 1. The van der Waals surface area contributed by atoms with Gasteiger partial charge in [0.25, 0.3) is 0 Å². The van der Waals surface area contributed by atoms with E-state index in [1.165, 1.54) is 6.07 Å². The normalized spacial score (nSPS) is 18.4. The van der Waals surface area contributed by atoms with Gasteiger partial charge in [-0.05, 0) is 57.7 Å². The number of pyridine rings is 2. The number of nitrogens with zero attached hydrogens (tertiary/aromatic N) is 3. The van der Waals surface area contributed by atoms with Gasteiger partial charge in [-0.15, -0.1) is 0 Å². The minimum absolute atomic E-state index is 0.0215. The van der Waals surface area contributed by atoms with E-state index < -0.39 is 17.2 Å². The predicted octanol–water partition coefficient (Wildman–Crippen LogP) is 4.42. The molecule has 2 aliphatic heterocycles. The molecule has 1 aromatic carbocycles. The molecule has 0 saturated carbocycles. The first kappa shape index (κ1) is 25.2.